The van der Waals surface area contributed by atoms with Crippen molar-refractivity contribution in [1.82, 2.24) is 4.31 Å². The normalized spacial score (nSPS) is 16.1. The van der Waals surface area contributed by atoms with Gasteiger partial charge in [0.25, 0.3) is 0 Å². The molecule has 2 aromatic carbocycles. The van der Waals surface area contributed by atoms with Gasteiger partial charge in [-0.1, -0.05) is 46.9 Å². The average Bonchev–Trinajstić information content (AvgIpc) is 2.64. The Kier molecular flexibility index (Phi) is 6.89. The van der Waals surface area contributed by atoms with Crippen LogP contribution in [0.2, 0.25) is 15.1 Å². The summed E-state index contributed by atoms with van der Waals surface area (Å²) < 4.78 is 26.9. The quantitative estimate of drug-likeness (QED) is 0.693. The van der Waals surface area contributed by atoms with Crippen LogP contribution in [0.25, 0.3) is 0 Å². The zero-order valence-electron chi connectivity index (χ0n) is 14.9. The molecule has 0 radical (unpaired) electrons. The van der Waals surface area contributed by atoms with E-state index < -0.39 is 10.0 Å². The van der Waals surface area contributed by atoms with E-state index in [1.807, 2.05) is 0 Å². The summed E-state index contributed by atoms with van der Waals surface area (Å²) in [7, 11) is -3.53. The second kappa shape index (κ2) is 9.01. The second-order valence-electron chi connectivity index (χ2n) is 6.66. The Morgan fingerprint density at radius 2 is 1.71 bits per heavy atom. The topological polar surface area (TPSA) is 66.5 Å². The fourth-order valence-corrected chi connectivity index (χ4v) is 5.47. The first-order valence-corrected chi connectivity index (χ1v) is 11.5. The number of carbonyl (C=O) groups excluding carboxylic acids is 1. The molecular formula is C19H19Cl3N2O3S. The molecule has 5 nitrogen and oxygen atoms in total. The summed E-state index contributed by atoms with van der Waals surface area (Å²) in [5, 5.41) is 4.16. The van der Waals surface area contributed by atoms with Gasteiger partial charge in [0.15, 0.2) is 0 Å². The molecule has 0 spiro atoms. The molecule has 1 aliphatic rings. The van der Waals surface area contributed by atoms with E-state index in [9.17, 15) is 13.2 Å². The molecule has 0 aromatic heterocycles. The maximum atomic E-state index is 12.7. The second-order valence-corrected chi connectivity index (χ2v) is 9.91. The molecule has 1 aliphatic heterocycles. The lowest BCUT2D eigenvalue weighted by Gasteiger charge is -2.30. The van der Waals surface area contributed by atoms with E-state index in [-0.39, 0.29) is 17.6 Å². The van der Waals surface area contributed by atoms with Crippen molar-refractivity contribution in [2.24, 2.45) is 5.92 Å². The zero-order valence-corrected chi connectivity index (χ0v) is 18.0. The van der Waals surface area contributed by atoms with Gasteiger partial charge in [0.05, 0.1) is 5.75 Å². The predicted molar refractivity (Wildman–Crippen MR) is 113 cm³/mol. The molecule has 0 bridgehead atoms. The number of piperidine rings is 1. The highest BCUT2D eigenvalue weighted by atomic mass is 35.5. The van der Waals surface area contributed by atoms with E-state index in [0.717, 1.165) is 0 Å². The minimum absolute atomic E-state index is 0.125. The Balaban J connectivity index is 1.58. The third kappa shape index (κ3) is 5.39. The Hall–Kier alpha value is -1.31. The highest BCUT2D eigenvalue weighted by Crippen LogP contribution is 2.27. The van der Waals surface area contributed by atoms with Crippen LogP contribution in [0.3, 0.4) is 0 Å². The lowest BCUT2D eigenvalue weighted by Crippen LogP contribution is -2.41. The lowest BCUT2D eigenvalue weighted by molar-refractivity contribution is -0.120. The Morgan fingerprint density at radius 3 is 2.36 bits per heavy atom. The molecule has 3 rings (SSSR count). The van der Waals surface area contributed by atoms with Gasteiger partial charge in [-0.2, -0.15) is 0 Å². The first kappa shape index (κ1) is 21.4. The highest BCUT2D eigenvalue weighted by molar-refractivity contribution is 7.88. The molecule has 1 amide bonds. The number of amides is 1. The molecule has 150 valence electrons. The summed E-state index contributed by atoms with van der Waals surface area (Å²) in [5.74, 6) is -0.563. The largest absolute Gasteiger partial charge is 0.326 e. The first-order valence-electron chi connectivity index (χ1n) is 8.73. The van der Waals surface area contributed by atoms with Gasteiger partial charge in [0.1, 0.15) is 0 Å². The lowest BCUT2D eigenvalue weighted by atomic mass is 9.97. The van der Waals surface area contributed by atoms with Crippen molar-refractivity contribution in [3.05, 3.63) is 63.1 Å². The number of rotatable bonds is 5. The standard InChI is InChI=1S/C19H19Cl3N2O3S/c20-15-2-1-3-17(10-15)23-19(25)13-6-8-24(9-7-13)28(26,27)12-14-4-5-16(21)11-18(14)22/h1-5,10-11,13H,6-9,12H2,(H,23,25). The molecule has 1 fully saturated rings. The third-order valence-corrected chi connectivity index (χ3v) is 7.31. The molecule has 9 heteroatoms. The molecule has 0 aliphatic carbocycles. The zero-order chi connectivity index (χ0) is 20.3. The van der Waals surface area contributed by atoms with Crippen LogP contribution in [-0.2, 0) is 20.6 Å². The van der Waals surface area contributed by atoms with Crippen molar-refractivity contribution in [3.8, 4) is 0 Å². The number of nitrogens with one attached hydrogen (secondary N) is 1. The van der Waals surface area contributed by atoms with Gasteiger partial charge in [0.2, 0.25) is 15.9 Å². The molecule has 1 saturated heterocycles. The van der Waals surface area contributed by atoms with Crippen molar-refractivity contribution in [1.29, 1.82) is 0 Å². The molecule has 28 heavy (non-hydrogen) atoms. The van der Waals surface area contributed by atoms with Gasteiger partial charge < -0.3 is 5.32 Å². The minimum Gasteiger partial charge on any atom is -0.326 e. The first-order chi connectivity index (χ1) is 13.2. The van der Waals surface area contributed by atoms with Crippen molar-refractivity contribution in [3.63, 3.8) is 0 Å². The average molecular weight is 462 g/mol. The highest BCUT2D eigenvalue weighted by Gasteiger charge is 2.31. The van der Waals surface area contributed by atoms with Crippen LogP contribution < -0.4 is 5.32 Å². The van der Waals surface area contributed by atoms with Gasteiger partial charge in [-0.25, -0.2) is 12.7 Å². The molecule has 1 N–H and O–H groups in total. The molecular weight excluding hydrogens is 443 g/mol. The van der Waals surface area contributed by atoms with Gasteiger partial charge in [0, 0.05) is 39.8 Å². The van der Waals surface area contributed by atoms with E-state index in [1.54, 1.807) is 36.4 Å². The molecule has 0 unspecified atom stereocenters. The smallest absolute Gasteiger partial charge is 0.227 e. The van der Waals surface area contributed by atoms with Gasteiger partial charge in [-0.3, -0.25) is 4.79 Å². The third-order valence-electron chi connectivity index (χ3n) is 4.66. The number of carbonyl (C=O) groups is 1. The minimum atomic E-state index is -3.53. The Labute approximate surface area is 179 Å². The van der Waals surface area contributed by atoms with Crippen LogP contribution in [0.4, 0.5) is 5.69 Å². The summed E-state index contributed by atoms with van der Waals surface area (Å²) in [6.45, 7) is 0.586. The monoisotopic (exact) mass is 460 g/mol. The summed E-state index contributed by atoms with van der Waals surface area (Å²) in [4.78, 5) is 12.5. The van der Waals surface area contributed by atoms with E-state index in [4.69, 9.17) is 34.8 Å². The predicted octanol–water partition coefficient (Wildman–Crippen LogP) is 4.83. The van der Waals surface area contributed by atoms with Crippen LogP contribution in [0.5, 0.6) is 0 Å². The van der Waals surface area contributed by atoms with Crippen molar-refractivity contribution < 1.29 is 13.2 Å². The Bertz CT molecular complexity index is 974. The van der Waals surface area contributed by atoms with Gasteiger partial charge in [-0.05, 0) is 48.7 Å². The van der Waals surface area contributed by atoms with Gasteiger partial charge in [-0.15, -0.1) is 0 Å². The summed E-state index contributed by atoms with van der Waals surface area (Å²) in [6, 6.07) is 11.7. The number of sulfonamides is 1. The van der Waals surface area contributed by atoms with Crippen molar-refractivity contribution in [2.75, 3.05) is 18.4 Å². The molecule has 0 atom stereocenters. The van der Waals surface area contributed by atoms with E-state index in [1.165, 1.54) is 10.4 Å². The summed E-state index contributed by atoms with van der Waals surface area (Å²) in [5.41, 5.74) is 1.14. The maximum absolute atomic E-state index is 12.7. The summed E-state index contributed by atoms with van der Waals surface area (Å²) >= 11 is 17.9. The van der Waals surface area contributed by atoms with Crippen molar-refractivity contribution in [2.45, 2.75) is 18.6 Å². The van der Waals surface area contributed by atoms with Gasteiger partial charge >= 0.3 is 0 Å². The molecule has 2 aromatic rings. The van der Waals surface area contributed by atoms with Crippen LogP contribution in [0.15, 0.2) is 42.5 Å². The SMILES string of the molecule is O=C(Nc1cccc(Cl)c1)C1CCN(S(=O)(=O)Cc2ccc(Cl)cc2Cl)CC1. The van der Waals surface area contributed by atoms with Crippen LogP contribution >= 0.6 is 34.8 Å². The maximum Gasteiger partial charge on any atom is 0.227 e. The Morgan fingerprint density at radius 1 is 1.04 bits per heavy atom. The number of halogens is 3. The van der Waals surface area contributed by atoms with E-state index in [0.29, 0.717) is 52.2 Å². The van der Waals surface area contributed by atoms with Crippen molar-refractivity contribution >= 4 is 56.4 Å². The number of hydrogen-bond donors (Lipinski definition) is 1. The number of hydrogen-bond acceptors (Lipinski definition) is 3. The number of benzene rings is 2. The summed E-state index contributed by atoms with van der Waals surface area (Å²) in [6.07, 6.45) is 0.917. The fraction of sp³-hybridized carbons (Fsp3) is 0.316. The van der Waals surface area contributed by atoms with Crippen LogP contribution in [-0.4, -0.2) is 31.7 Å². The van der Waals surface area contributed by atoms with Crippen LogP contribution in [0, 0.1) is 5.92 Å². The fourth-order valence-electron chi connectivity index (χ4n) is 3.13. The number of nitrogens with zero attached hydrogens (tertiary/aromatic N) is 1. The molecule has 0 saturated carbocycles. The van der Waals surface area contributed by atoms with E-state index >= 15 is 0 Å². The molecule has 1 heterocycles. The van der Waals surface area contributed by atoms with E-state index in [2.05, 4.69) is 5.32 Å². The van der Waals surface area contributed by atoms with Crippen LogP contribution in [0.1, 0.15) is 18.4 Å². The number of anilines is 1.